The van der Waals surface area contributed by atoms with Crippen LogP contribution in [0.4, 0.5) is 0 Å². The fraction of sp³-hybridized carbons (Fsp3) is 0.111. The molecular weight excluding hydrogens is 308 g/mol. The SMILES string of the molecule is CC1=C(C(=O)c2ccccc2)[C@H](c2ccc(O)cc2)NC(=S)N1. The average molecular weight is 324 g/mol. The highest BCUT2D eigenvalue weighted by Gasteiger charge is 2.30. The lowest BCUT2D eigenvalue weighted by molar-refractivity contribution is 0.102. The van der Waals surface area contributed by atoms with Crippen LogP contribution in [0.1, 0.15) is 28.9 Å². The van der Waals surface area contributed by atoms with Gasteiger partial charge in [0, 0.05) is 16.8 Å². The molecule has 1 heterocycles. The highest BCUT2D eigenvalue weighted by atomic mass is 32.1. The minimum Gasteiger partial charge on any atom is -0.508 e. The third kappa shape index (κ3) is 3.10. The van der Waals surface area contributed by atoms with Gasteiger partial charge in [-0.15, -0.1) is 0 Å². The van der Waals surface area contributed by atoms with Gasteiger partial charge >= 0.3 is 0 Å². The van der Waals surface area contributed by atoms with E-state index in [4.69, 9.17) is 12.2 Å². The van der Waals surface area contributed by atoms with Crippen LogP contribution >= 0.6 is 12.2 Å². The number of benzene rings is 2. The summed E-state index contributed by atoms with van der Waals surface area (Å²) in [5, 5.41) is 16.1. The van der Waals surface area contributed by atoms with E-state index in [9.17, 15) is 9.90 Å². The fourth-order valence-corrected chi connectivity index (χ4v) is 2.93. The summed E-state index contributed by atoms with van der Waals surface area (Å²) in [4.78, 5) is 12.9. The van der Waals surface area contributed by atoms with Gasteiger partial charge in [-0.3, -0.25) is 4.79 Å². The Morgan fingerprint density at radius 3 is 2.39 bits per heavy atom. The standard InChI is InChI=1S/C18H16N2O2S/c1-11-15(17(22)13-5-3-2-4-6-13)16(20-18(23)19-11)12-7-9-14(21)10-8-12/h2-10,16,21H,1H3,(H2,19,20,23)/t16-/m0/s1. The summed E-state index contributed by atoms with van der Waals surface area (Å²) < 4.78 is 0. The van der Waals surface area contributed by atoms with Crippen molar-refractivity contribution in [3.05, 3.63) is 77.0 Å². The summed E-state index contributed by atoms with van der Waals surface area (Å²) in [5.41, 5.74) is 2.85. The molecule has 5 heteroatoms. The van der Waals surface area contributed by atoms with Crippen molar-refractivity contribution in [3.8, 4) is 5.75 Å². The van der Waals surface area contributed by atoms with Gasteiger partial charge < -0.3 is 15.7 Å². The molecule has 1 aliphatic rings. The first-order valence-corrected chi connectivity index (χ1v) is 7.64. The second-order valence-electron chi connectivity index (χ2n) is 5.36. The third-order valence-corrected chi connectivity index (χ3v) is 4.00. The maximum absolute atomic E-state index is 12.9. The molecule has 0 aliphatic carbocycles. The van der Waals surface area contributed by atoms with Crippen LogP contribution in [0.15, 0.2) is 65.9 Å². The number of ketones is 1. The van der Waals surface area contributed by atoms with Crippen molar-refractivity contribution in [2.75, 3.05) is 0 Å². The van der Waals surface area contributed by atoms with Crippen molar-refractivity contribution >= 4 is 23.1 Å². The van der Waals surface area contributed by atoms with E-state index < -0.39 is 0 Å². The van der Waals surface area contributed by atoms with Crippen molar-refractivity contribution in [1.29, 1.82) is 0 Å². The van der Waals surface area contributed by atoms with Gasteiger partial charge in [0.15, 0.2) is 10.9 Å². The molecule has 0 saturated carbocycles. The Morgan fingerprint density at radius 2 is 1.74 bits per heavy atom. The maximum atomic E-state index is 12.9. The molecule has 1 atom stereocenters. The van der Waals surface area contributed by atoms with E-state index in [0.717, 1.165) is 11.3 Å². The van der Waals surface area contributed by atoms with E-state index >= 15 is 0 Å². The van der Waals surface area contributed by atoms with Crippen molar-refractivity contribution in [2.45, 2.75) is 13.0 Å². The number of hydrogen-bond acceptors (Lipinski definition) is 3. The normalized spacial score (nSPS) is 17.4. The van der Waals surface area contributed by atoms with Gasteiger partial charge in [-0.1, -0.05) is 42.5 Å². The molecule has 1 aliphatic heterocycles. The Labute approximate surface area is 139 Å². The first-order chi connectivity index (χ1) is 11.1. The molecule has 3 rings (SSSR count). The molecule has 0 bridgehead atoms. The summed E-state index contributed by atoms with van der Waals surface area (Å²) in [6, 6.07) is 15.6. The van der Waals surface area contributed by atoms with Crippen molar-refractivity contribution in [3.63, 3.8) is 0 Å². The fourth-order valence-electron chi connectivity index (χ4n) is 2.66. The van der Waals surface area contributed by atoms with Gasteiger partial charge in [0.05, 0.1) is 6.04 Å². The molecule has 0 saturated heterocycles. The topological polar surface area (TPSA) is 61.4 Å². The zero-order valence-corrected chi connectivity index (χ0v) is 13.4. The molecular formula is C18H16N2O2S. The van der Waals surface area contributed by atoms with Gasteiger partial charge in [-0.2, -0.15) is 0 Å². The first-order valence-electron chi connectivity index (χ1n) is 7.23. The van der Waals surface area contributed by atoms with Gasteiger partial charge in [-0.05, 0) is 36.8 Å². The zero-order valence-electron chi connectivity index (χ0n) is 12.5. The number of aromatic hydroxyl groups is 1. The van der Waals surface area contributed by atoms with Gasteiger partial charge in [0.1, 0.15) is 5.75 Å². The van der Waals surface area contributed by atoms with Crippen LogP contribution in [0.5, 0.6) is 5.75 Å². The molecule has 116 valence electrons. The quantitative estimate of drug-likeness (QED) is 0.598. The van der Waals surface area contributed by atoms with Crippen LogP contribution in [-0.2, 0) is 0 Å². The highest BCUT2D eigenvalue weighted by molar-refractivity contribution is 7.80. The lowest BCUT2D eigenvalue weighted by atomic mass is 9.90. The number of allylic oxidation sites excluding steroid dienone is 1. The van der Waals surface area contributed by atoms with Crippen LogP contribution < -0.4 is 10.6 Å². The summed E-state index contributed by atoms with van der Waals surface area (Å²) in [5.74, 6) is 0.130. The number of rotatable bonds is 3. The monoisotopic (exact) mass is 324 g/mol. The first kappa shape index (κ1) is 15.2. The van der Waals surface area contributed by atoms with Crippen molar-refractivity contribution in [2.24, 2.45) is 0 Å². The lowest BCUT2D eigenvalue weighted by Crippen LogP contribution is -2.44. The number of phenols is 1. The number of phenolic OH excluding ortho intramolecular Hbond substituents is 1. The molecule has 0 amide bonds. The molecule has 3 N–H and O–H groups in total. The minimum absolute atomic E-state index is 0.0522. The smallest absolute Gasteiger partial charge is 0.193 e. The molecule has 0 radical (unpaired) electrons. The summed E-state index contributed by atoms with van der Waals surface area (Å²) in [6.45, 7) is 1.84. The van der Waals surface area contributed by atoms with Crippen LogP contribution in [0, 0.1) is 0 Å². The van der Waals surface area contributed by atoms with Gasteiger partial charge in [0.25, 0.3) is 0 Å². The van der Waals surface area contributed by atoms with Crippen LogP contribution in [-0.4, -0.2) is 16.0 Å². The van der Waals surface area contributed by atoms with E-state index in [1.54, 1.807) is 36.4 Å². The summed E-state index contributed by atoms with van der Waals surface area (Å²) >= 11 is 5.22. The van der Waals surface area contributed by atoms with E-state index in [1.807, 2.05) is 25.1 Å². The third-order valence-electron chi connectivity index (χ3n) is 3.78. The second-order valence-corrected chi connectivity index (χ2v) is 5.77. The molecule has 4 nitrogen and oxygen atoms in total. The van der Waals surface area contributed by atoms with Gasteiger partial charge in [-0.25, -0.2) is 0 Å². The predicted molar refractivity (Wildman–Crippen MR) is 93.2 cm³/mol. The molecule has 0 aromatic heterocycles. The molecule has 0 unspecified atom stereocenters. The molecule has 2 aromatic rings. The van der Waals surface area contributed by atoms with E-state index in [2.05, 4.69) is 10.6 Å². The summed E-state index contributed by atoms with van der Waals surface area (Å²) in [6.07, 6.45) is 0. The number of carbonyl (C=O) groups excluding carboxylic acids is 1. The van der Waals surface area contributed by atoms with Gasteiger partial charge in [0.2, 0.25) is 0 Å². The highest BCUT2D eigenvalue weighted by Crippen LogP contribution is 2.30. The van der Waals surface area contributed by atoms with Crippen LogP contribution in [0.3, 0.4) is 0 Å². The second kappa shape index (κ2) is 6.22. The average Bonchev–Trinajstić information content (AvgIpc) is 2.55. The molecule has 0 spiro atoms. The maximum Gasteiger partial charge on any atom is 0.193 e. The summed E-state index contributed by atoms with van der Waals surface area (Å²) in [7, 11) is 0. The number of Topliss-reactive ketones (excluding diaryl/α,β-unsaturated/α-hetero) is 1. The van der Waals surface area contributed by atoms with Crippen molar-refractivity contribution < 1.29 is 9.90 Å². The minimum atomic E-state index is -0.350. The Hall–Kier alpha value is -2.66. The molecule has 2 aromatic carbocycles. The predicted octanol–water partition coefficient (Wildman–Crippen LogP) is 3.07. The number of carbonyl (C=O) groups is 1. The lowest BCUT2D eigenvalue weighted by Gasteiger charge is -2.30. The Balaban J connectivity index is 2.06. The molecule has 23 heavy (non-hydrogen) atoms. The largest absolute Gasteiger partial charge is 0.508 e. The van der Waals surface area contributed by atoms with E-state index in [0.29, 0.717) is 16.2 Å². The van der Waals surface area contributed by atoms with E-state index in [1.165, 1.54) is 0 Å². The zero-order chi connectivity index (χ0) is 16.4. The Bertz CT molecular complexity index is 782. The Kier molecular flexibility index (Phi) is 4.12. The van der Waals surface area contributed by atoms with Crippen LogP contribution in [0.25, 0.3) is 0 Å². The van der Waals surface area contributed by atoms with Crippen LogP contribution in [0.2, 0.25) is 0 Å². The Morgan fingerprint density at radius 1 is 1.09 bits per heavy atom. The number of nitrogens with one attached hydrogen (secondary N) is 2. The van der Waals surface area contributed by atoms with Crippen molar-refractivity contribution in [1.82, 2.24) is 10.6 Å². The molecule has 0 fully saturated rings. The number of hydrogen-bond donors (Lipinski definition) is 3. The van der Waals surface area contributed by atoms with E-state index in [-0.39, 0.29) is 17.6 Å². The number of thiocarbonyl (C=S) groups is 1.